The molecule has 0 saturated carbocycles. The van der Waals surface area contributed by atoms with Crippen molar-refractivity contribution in [3.63, 3.8) is 0 Å². The average Bonchev–Trinajstić information content (AvgIpc) is 2.70. The standard InChI is InChI=1S/C23H29BrN2O3/c1-4-5-12-25-23(28)18(3)26(15-19-9-7-10-20(24)14-19)22(27)16-29-21-11-6-8-17(2)13-21/h6-11,13-14,18H,4-5,12,15-16H2,1-3H3,(H,25,28)/t18-/m1/s1. The van der Waals surface area contributed by atoms with E-state index in [1.807, 2.05) is 55.5 Å². The van der Waals surface area contributed by atoms with Crippen LogP contribution in [0.15, 0.2) is 53.0 Å². The Morgan fingerprint density at radius 1 is 1.17 bits per heavy atom. The SMILES string of the molecule is CCCCNC(=O)[C@@H](C)N(Cc1cccc(Br)c1)C(=O)COc1cccc(C)c1. The monoisotopic (exact) mass is 460 g/mol. The molecular formula is C23H29BrN2O3. The Morgan fingerprint density at radius 3 is 2.62 bits per heavy atom. The Hall–Kier alpha value is -2.34. The van der Waals surface area contributed by atoms with Gasteiger partial charge in [-0.1, -0.05) is 53.5 Å². The maximum Gasteiger partial charge on any atom is 0.261 e. The number of carbonyl (C=O) groups excluding carboxylic acids is 2. The van der Waals surface area contributed by atoms with Gasteiger partial charge in [0.2, 0.25) is 5.91 Å². The van der Waals surface area contributed by atoms with Crippen LogP contribution in [0.1, 0.15) is 37.8 Å². The smallest absolute Gasteiger partial charge is 0.261 e. The zero-order chi connectivity index (χ0) is 21.2. The van der Waals surface area contributed by atoms with Crippen LogP contribution in [-0.2, 0) is 16.1 Å². The van der Waals surface area contributed by atoms with Gasteiger partial charge in [0.1, 0.15) is 11.8 Å². The van der Waals surface area contributed by atoms with Crippen LogP contribution in [0.2, 0.25) is 0 Å². The summed E-state index contributed by atoms with van der Waals surface area (Å²) in [5.74, 6) is 0.253. The maximum absolute atomic E-state index is 13.0. The van der Waals surface area contributed by atoms with Gasteiger partial charge in [0.15, 0.2) is 6.61 Å². The van der Waals surface area contributed by atoms with Gasteiger partial charge in [0, 0.05) is 17.6 Å². The largest absolute Gasteiger partial charge is 0.484 e. The highest BCUT2D eigenvalue weighted by atomic mass is 79.9. The molecule has 1 atom stereocenters. The van der Waals surface area contributed by atoms with E-state index in [4.69, 9.17) is 4.74 Å². The van der Waals surface area contributed by atoms with Crippen molar-refractivity contribution >= 4 is 27.7 Å². The number of hydrogen-bond acceptors (Lipinski definition) is 3. The summed E-state index contributed by atoms with van der Waals surface area (Å²) >= 11 is 3.46. The predicted octanol–water partition coefficient (Wildman–Crippen LogP) is 4.47. The Labute approximate surface area is 181 Å². The molecule has 0 radical (unpaired) electrons. The molecule has 0 aromatic heterocycles. The molecule has 0 spiro atoms. The fraction of sp³-hybridized carbons (Fsp3) is 0.391. The number of ether oxygens (including phenoxy) is 1. The highest BCUT2D eigenvalue weighted by Gasteiger charge is 2.26. The van der Waals surface area contributed by atoms with Crippen LogP contribution in [0, 0.1) is 6.92 Å². The number of benzene rings is 2. The molecule has 0 fully saturated rings. The second kappa shape index (κ2) is 11.6. The molecule has 29 heavy (non-hydrogen) atoms. The highest BCUT2D eigenvalue weighted by molar-refractivity contribution is 9.10. The minimum absolute atomic E-state index is 0.121. The second-order valence-electron chi connectivity index (χ2n) is 7.08. The summed E-state index contributed by atoms with van der Waals surface area (Å²) in [6.45, 7) is 6.61. The first kappa shape index (κ1) is 22.9. The van der Waals surface area contributed by atoms with Gasteiger partial charge in [0.05, 0.1) is 0 Å². The zero-order valence-electron chi connectivity index (χ0n) is 17.3. The summed E-state index contributed by atoms with van der Waals surface area (Å²) in [7, 11) is 0. The summed E-state index contributed by atoms with van der Waals surface area (Å²) in [5, 5.41) is 2.91. The van der Waals surface area contributed by atoms with E-state index in [9.17, 15) is 9.59 Å². The third-order valence-corrected chi connectivity index (χ3v) is 5.08. The average molecular weight is 461 g/mol. The van der Waals surface area contributed by atoms with Crippen LogP contribution in [0.5, 0.6) is 5.75 Å². The number of rotatable bonds is 10. The summed E-state index contributed by atoms with van der Waals surface area (Å²) < 4.78 is 6.62. The Kier molecular flexibility index (Phi) is 9.19. The van der Waals surface area contributed by atoms with Crippen molar-refractivity contribution in [2.24, 2.45) is 0 Å². The molecule has 5 nitrogen and oxygen atoms in total. The molecule has 2 amide bonds. The van der Waals surface area contributed by atoms with E-state index in [-0.39, 0.29) is 18.4 Å². The van der Waals surface area contributed by atoms with E-state index in [2.05, 4.69) is 28.2 Å². The van der Waals surface area contributed by atoms with Gasteiger partial charge < -0.3 is 15.0 Å². The summed E-state index contributed by atoms with van der Waals surface area (Å²) in [6, 6.07) is 14.7. The Bertz CT molecular complexity index is 825. The molecule has 2 aromatic carbocycles. The van der Waals surface area contributed by atoms with E-state index < -0.39 is 6.04 Å². The number of halogens is 1. The molecular weight excluding hydrogens is 432 g/mol. The third kappa shape index (κ3) is 7.54. The van der Waals surface area contributed by atoms with Crippen LogP contribution in [0.25, 0.3) is 0 Å². The van der Waals surface area contributed by atoms with Crippen LogP contribution < -0.4 is 10.1 Å². The quantitative estimate of drug-likeness (QED) is 0.532. The van der Waals surface area contributed by atoms with Crippen molar-refractivity contribution in [2.75, 3.05) is 13.2 Å². The Balaban J connectivity index is 2.11. The summed E-state index contributed by atoms with van der Waals surface area (Å²) in [6.07, 6.45) is 1.91. The van der Waals surface area contributed by atoms with Crippen LogP contribution in [-0.4, -0.2) is 35.9 Å². The van der Waals surface area contributed by atoms with Gasteiger partial charge >= 0.3 is 0 Å². The van der Waals surface area contributed by atoms with Crippen molar-refractivity contribution < 1.29 is 14.3 Å². The lowest BCUT2D eigenvalue weighted by molar-refractivity contribution is -0.142. The maximum atomic E-state index is 13.0. The van der Waals surface area contributed by atoms with Crippen molar-refractivity contribution in [2.45, 2.75) is 46.2 Å². The molecule has 156 valence electrons. The number of hydrogen-bond donors (Lipinski definition) is 1. The van der Waals surface area contributed by atoms with Gasteiger partial charge in [-0.2, -0.15) is 0 Å². The number of nitrogens with zero attached hydrogens (tertiary/aromatic N) is 1. The van der Waals surface area contributed by atoms with E-state index >= 15 is 0 Å². The molecule has 0 unspecified atom stereocenters. The van der Waals surface area contributed by atoms with Gasteiger partial charge in [-0.15, -0.1) is 0 Å². The minimum Gasteiger partial charge on any atom is -0.484 e. The molecule has 6 heteroatoms. The lowest BCUT2D eigenvalue weighted by Gasteiger charge is -2.29. The molecule has 0 saturated heterocycles. The number of amides is 2. The van der Waals surface area contributed by atoms with E-state index in [0.29, 0.717) is 18.8 Å². The lowest BCUT2D eigenvalue weighted by Crippen LogP contribution is -2.49. The predicted molar refractivity (Wildman–Crippen MR) is 119 cm³/mol. The fourth-order valence-corrected chi connectivity index (χ4v) is 3.33. The second-order valence-corrected chi connectivity index (χ2v) is 7.99. The number of nitrogens with one attached hydrogen (secondary N) is 1. The van der Waals surface area contributed by atoms with E-state index in [0.717, 1.165) is 28.4 Å². The molecule has 1 N–H and O–H groups in total. The zero-order valence-corrected chi connectivity index (χ0v) is 18.9. The van der Waals surface area contributed by atoms with Gasteiger partial charge in [-0.05, 0) is 55.7 Å². The minimum atomic E-state index is -0.598. The van der Waals surface area contributed by atoms with E-state index in [1.165, 1.54) is 0 Å². The third-order valence-electron chi connectivity index (χ3n) is 4.59. The molecule has 0 aliphatic heterocycles. The van der Waals surface area contributed by atoms with Crippen molar-refractivity contribution in [1.29, 1.82) is 0 Å². The fourth-order valence-electron chi connectivity index (χ4n) is 2.88. The van der Waals surface area contributed by atoms with Crippen LogP contribution >= 0.6 is 15.9 Å². The van der Waals surface area contributed by atoms with Crippen molar-refractivity contribution in [3.05, 3.63) is 64.1 Å². The molecule has 0 bridgehead atoms. The Morgan fingerprint density at radius 2 is 1.93 bits per heavy atom. The number of unbranched alkanes of at least 4 members (excludes halogenated alkanes) is 1. The molecule has 2 rings (SSSR count). The van der Waals surface area contributed by atoms with Crippen molar-refractivity contribution in [3.8, 4) is 5.75 Å². The van der Waals surface area contributed by atoms with Gasteiger partial charge in [0.25, 0.3) is 5.91 Å². The molecule has 2 aromatic rings. The van der Waals surface area contributed by atoms with Crippen LogP contribution in [0.3, 0.4) is 0 Å². The molecule has 0 heterocycles. The van der Waals surface area contributed by atoms with Crippen LogP contribution in [0.4, 0.5) is 0 Å². The van der Waals surface area contributed by atoms with E-state index in [1.54, 1.807) is 11.8 Å². The summed E-state index contributed by atoms with van der Waals surface area (Å²) in [5.41, 5.74) is 2.00. The first-order chi connectivity index (χ1) is 13.9. The van der Waals surface area contributed by atoms with Gasteiger partial charge in [-0.3, -0.25) is 9.59 Å². The molecule has 0 aliphatic rings. The normalized spacial score (nSPS) is 11.6. The van der Waals surface area contributed by atoms with Gasteiger partial charge in [-0.25, -0.2) is 0 Å². The van der Waals surface area contributed by atoms with Crippen molar-refractivity contribution in [1.82, 2.24) is 10.2 Å². The highest BCUT2D eigenvalue weighted by Crippen LogP contribution is 2.17. The molecule has 0 aliphatic carbocycles. The first-order valence-electron chi connectivity index (χ1n) is 9.91. The lowest BCUT2D eigenvalue weighted by atomic mass is 10.1. The topological polar surface area (TPSA) is 58.6 Å². The first-order valence-corrected chi connectivity index (χ1v) is 10.7. The number of carbonyl (C=O) groups is 2. The number of aryl methyl sites for hydroxylation is 1. The summed E-state index contributed by atoms with van der Waals surface area (Å²) in [4.78, 5) is 27.1.